The summed E-state index contributed by atoms with van der Waals surface area (Å²) in [6, 6.07) is 6.45. The normalized spacial score (nSPS) is 10.6. The van der Waals surface area contributed by atoms with Crippen molar-refractivity contribution >= 4 is 27.7 Å². The minimum atomic E-state index is 0.754. The molecule has 0 fully saturated rings. The molecule has 0 saturated heterocycles. The van der Waals surface area contributed by atoms with E-state index >= 15 is 0 Å². The second-order valence-corrected chi connectivity index (χ2v) is 4.84. The summed E-state index contributed by atoms with van der Waals surface area (Å²) in [7, 11) is 1.71. The molecule has 0 spiro atoms. The van der Waals surface area contributed by atoms with Crippen LogP contribution in [0.4, 0.5) is 0 Å². The second kappa shape index (κ2) is 7.28. The van der Waals surface area contributed by atoms with E-state index in [4.69, 9.17) is 4.74 Å². The average Bonchev–Trinajstić information content (AvgIpc) is 2.25. The van der Waals surface area contributed by atoms with Crippen LogP contribution in [0, 0.1) is 0 Å². The van der Waals surface area contributed by atoms with Crippen LogP contribution in [0.1, 0.15) is 5.56 Å². The van der Waals surface area contributed by atoms with Crippen molar-refractivity contribution in [2.75, 3.05) is 26.5 Å². The van der Waals surface area contributed by atoms with Crippen molar-refractivity contribution < 1.29 is 4.74 Å². The third kappa shape index (κ3) is 4.55. The Morgan fingerprint density at radius 3 is 2.87 bits per heavy atom. The molecule has 0 saturated carbocycles. The molecule has 0 heterocycles. The van der Waals surface area contributed by atoms with E-state index in [1.54, 1.807) is 18.9 Å². The van der Waals surface area contributed by atoms with E-state index in [-0.39, 0.29) is 0 Å². The number of ether oxygens (including phenoxy) is 1. The summed E-state index contributed by atoms with van der Waals surface area (Å²) in [5, 5.41) is 3.31. The Hall–Kier alpha value is -0.0300. The third-order valence-corrected chi connectivity index (χ3v) is 3.74. The lowest BCUT2D eigenvalue weighted by atomic mass is 10.2. The fraction of sp³-hybridized carbons (Fsp3) is 0.455. The quantitative estimate of drug-likeness (QED) is 0.643. The van der Waals surface area contributed by atoms with Crippen LogP contribution in [-0.4, -0.2) is 26.5 Å². The van der Waals surface area contributed by atoms with Crippen molar-refractivity contribution in [1.82, 2.24) is 5.32 Å². The fourth-order valence-electron chi connectivity index (χ4n) is 1.23. The van der Waals surface area contributed by atoms with Crippen LogP contribution in [-0.2, 0) is 11.3 Å². The number of hydrogen-bond acceptors (Lipinski definition) is 3. The Morgan fingerprint density at radius 2 is 2.27 bits per heavy atom. The maximum absolute atomic E-state index is 4.96. The van der Waals surface area contributed by atoms with Crippen molar-refractivity contribution in [3.8, 4) is 0 Å². The van der Waals surface area contributed by atoms with Crippen molar-refractivity contribution in [2.45, 2.75) is 11.4 Å². The molecule has 84 valence electrons. The third-order valence-electron chi connectivity index (χ3n) is 2.03. The van der Waals surface area contributed by atoms with E-state index in [1.807, 2.05) is 0 Å². The topological polar surface area (TPSA) is 21.3 Å². The Labute approximate surface area is 104 Å². The van der Waals surface area contributed by atoms with Crippen LogP contribution < -0.4 is 5.32 Å². The van der Waals surface area contributed by atoms with Gasteiger partial charge in [0.25, 0.3) is 0 Å². The van der Waals surface area contributed by atoms with Crippen molar-refractivity contribution in [2.24, 2.45) is 0 Å². The largest absolute Gasteiger partial charge is 0.383 e. The molecule has 1 aromatic carbocycles. The number of methoxy groups -OCH3 is 1. The van der Waals surface area contributed by atoms with Gasteiger partial charge in [0.05, 0.1) is 6.61 Å². The molecule has 1 N–H and O–H groups in total. The lowest BCUT2D eigenvalue weighted by molar-refractivity contribution is 0.199. The fourth-order valence-corrected chi connectivity index (χ4v) is 2.60. The summed E-state index contributed by atoms with van der Waals surface area (Å²) < 4.78 is 6.13. The van der Waals surface area contributed by atoms with E-state index in [9.17, 15) is 0 Å². The average molecular weight is 290 g/mol. The van der Waals surface area contributed by atoms with Crippen LogP contribution in [0.25, 0.3) is 0 Å². The highest BCUT2D eigenvalue weighted by Crippen LogP contribution is 2.26. The molecule has 0 aliphatic heterocycles. The van der Waals surface area contributed by atoms with Crippen LogP contribution in [0.15, 0.2) is 27.6 Å². The van der Waals surface area contributed by atoms with E-state index in [1.165, 1.54) is 14.9 Å². The van der Waals surface area contributed by atoms with Crippen LogP contribution in [0.2, 0.25) is 0 Å². The van der Waals surface area contributed by atoms with Crippen molar-refractivity contribution in [1.29, 1.82) is 0 Å². The van der Waals surface area contributed by atoms with Gasteiger partial charge in [-0.1, -0.05) is 6.07 Å². The highest BCUT2D eigenvalue weighted by atomic mass is 79.9. The number of halogens is 1. The van der Waals surface area contributed by atoms with Gasteiger partial charge in [0.2, 0.25) is 0 Å². The number of thioether (sulfide) groups is 1. The first-order chi connectivity index (χ1) is 7.27. The first-order valence-electron chi connectivity index (χ1n) is 4.80. The number of hydrogen-bond donors (Lipinski definition) is 1. The summed E-state index contributed by atoms with van der Waals surface area (Å²) in [4.78, 5) is 1.27. The summed E-state index contributed by atoms with van der Waals surface area (Å²) in [5.41, 5.74) is 1.29. The highest BCUT2D eigenvalue weighted by Gasteiger charge is 1.99. The van der Waals surface area contributed by atoms with Crippen molar-refractivity contribution in [3.05, 3.63) is 28.2 Å². The SMILES string of the molecule is COCCNCc1ccc(SC)c(Br)c1. The molecule has 0 amide bonds. The molecule has 0 aromatic heterocycles. The molecular weight excluding hydrogens is 274 g/mol. The number of nitrogens with one attached hydrogen (secondary N) is 1. The predicted molar refractivity (Wildman–Crippen MR) is 69.5 cm³/mol. The van der Waals surface area contributed by atoms with Gasteiger partial charge in [0.1, 0.15) is 0 Å². The van der Waals surface area contributed by atoms with Gasteiger partial charge in [-0.2, -0.15) is 0 Å². The zero-order valence-corrected chi connectivity index (χ0v) is 11.5. The standard InChI is InChI=1S/C11H16BrNOS/c1-14-6-5-13-8-9-3-4-11(15-2)10(12)7-9/h3-4,7,13H,5-6,8H2,1-2H3. The zero-order valence-electron chi connectivity index (χ0n) is 9.05. The Kier molecular flexibility index (Phi) is 6.32. The first-order valence-corrected chi connectivity index (χ1v) is 6.81. The maximum atomic E-state index is 4.96. The van der Waals surface area contributed by atoms with Gasteiger partial charge in [0, 0.05) is 29.6 Å². The summed E-state index contributed by atoms with van der Waals surface area (Å²) in [6.07, 6.45) is 2.08. The molecule has 15 heavy (non-hydrogen) atoms. The van der Waals surface area contributed by atoms with Crippen LogP contribution in [0.3, 0.4) is 0 Å². The molecular formula is C11H16BrNOS. The molecule has 1 rings (SSSR count). The van der Waals surface area contributed by atoms with E-state index in [0.29, 0.717) is 0 Å². The molecule has 1 aromatic rings. The van der Waals surface area contributed by atoms with Gasteiger partial charge in [-0.3, -0.25) is 0 Å². The van der Waals surface area contributed by atoms with Gasteiger partial charge >= 0.3 is 0 Å². The first kappa shape index (κ1) is 13.0. The minimum Gasteiger partial charge on any atom is -0.383 e. The molecule has 0 unspecified atom stereocenters. The molecule has 0 atom stereocenters. The zero-order chi connectivity index (χ0) is 11.1. The molecule has 0 aliphatic rings. The molecule has 2 nitrogen and oxygen atoms in total. The Bertz CT molecular complexity index is 307. The van der Waals surface area contributed by atoms with Gasteiger partial charge in [-0.05, 0) is 39.9 Å². The van der Waals surface area contributed by atoms with E-state index in [0.717, 1.165) is 19.7 Å². The number of rotatable bonds is 6. The summed E-state index contributed by atoms with van der Waals surface area (Å²) in [5.74, 6) is 0. The lowest BCUT2D eigenvalue weighted by Crippen LogP contribution is -2.18. The molecule has 0 bridgehead atoms. The smallest absolute Gasteiger partial charge is 0.0587 e. The Balaban J connectivity index is 2.45. The van der Waals surface area contributed by atoms with Gasteiger partial charge < -0.3 is 10.1 Å². The maximum Gasteiger partial charge on any atom is 0.0587 e. The molecule has 4 heteroatoms. The summed E-state index contributed by atoms with van der Waals surface area (Å²) >= 11 is 5.31. The van der Waals surface area contributed by atoms with Crippen LogP contribution in [0.5, 0.6) is 0 Å². The highest BCUT2D eigenvalue weighted by molar-refractivity contribution is 9.10. The van der Waals surface area contributed by atoms with Gasteiger partial charge in [-0.15, -0.1) is 11.8 Å². The Morgan fingerprint density at radius 1 is 1.47 bits per heavy atom. The predicted octanol–water partition coefficient (Wildman–Crippen LogP) is 2.91. The monoisotopic (exact) mass is 289 g/mol. The van der Waals surface area contributed by atoms with Gasteiger partial charge in [0.15, 0.2) is 0 Å². The summed E-state index contributed by atoms with van der Waals surface area (Å²) in [6.45, 7) is 2.53. The number of benzene rings is 1. The second-order valence-electron chi connectivity index (χ2n) is 3.14. The minimum absolute atomic E-state index is 0.754. The van der Waals surface area contributed by atoms with Crippen molar-refractivity contribution in [3.63, 3.8) is 0 Å². The van der Waals surface area contributed by atoms with E-state index in [2.05, 4.69) is 45.7 Å². The molecule has 0 aliphatic carbocycles. The molecule has 0 radical (unpaired) electrons. The van der Waals surface area contributed by atoms with Crippen LogP contribution >= 0.6 is 27.7 Å². The van der Waals surface area contributed by atoms with Gasteiger partial charge in [-0.25, -0.2) is 0 Å². The lowest BCUT2D eigenvalue weighted by Gasteiger charge is -2.06. The van der Waals surface area contributed by atoms with E-state index < -0.39 is 0 Å².